The van der Waals surface area contributed by atoms with Gasteiger partial charge in [-0.3, -0.25) is 5.43 Å². The molecule has 1 aliphatic heterocycles. The molecule has 3 rings (SSSR count). The Kier molecular flexibility index (Phi) is 4.74. The molecule has 0 aliphatic carbocycles. The van der Waals surface area contributed by atoms with Gasteiger partial charge in [-0.25, -0.2) is 0 Å². The van der Waals surface area contributed by atoms with Gasteiger partial charge in [-0.15, -0.1) is 0 Å². The second-order valence-corrected chi connectivity index (χ2v) is 5.77. The zero-order valence-electron chi connectivity index (χ0n) is 13.1. The van der Waals surface area contributed by atoms with Gasteiger partial charge in [-0.05, 0) is 56.0 Å². The molecule has 2 aromatic rings. The van der Waals surface area contributed by atoms with Crippen molar-refractivity contribution in [2.75, 3.05) is 23.4 Å². The van der Waals surface area contributed by atoms with Crippen LogP contribution in [0.1, 0.15) is 31.7 Å². The Bertz CT molecular complexity index is 611. The van der Waals surface area contributed by atoms with Crippen LogP contribution in [0.2, 0.25) is 0 Å². The molecule has 0 radical (unpaired) electrons. The minimum absolute atomic E-state index is 0.994. The average molecular weight is 293 g/mol. The average Bonchev–Trinajstić information content (AvgIpc) is 2.61. The number of para-hydroxylation sites is 1. The van der Waals surface area contributed by atoms with E-state index in [0.29, 0.717) is 0 Å². The van der Waals surface area contributed by atoms with Crippen molar-refractivity contribution in [1.82, 2.24) is 0 Å². The molecule has 0 amide bonds. The van der Waals surface area contributed by atoms with E-state index in [2.05, 4.69) is 39.7 Å². The van der Waals surface area contributed by atoms with E-state index in [-0.39, 0.29) is 0 Å². The number of rotatable bonds is 4. The van der Waals surface area contributed by atoms with Crippen LogP contribution in [-0.4, -0.2) is 18.8 Å². The van der Waals surface area contributed by atoms with Crippen LogP contribution in [0.25, 0.3) is 0 Å². The quantitative estimate of drug-likeness (QED) is 0.663. The molecule has 1 heterocycles. The number of benzene rings is 2. The third-order valence-corrected chi connectivity index (χ3v) is 4.13. The monoisotopic (exact) mass is 293 g/mol. The molecule has 3 heteroatoms. The highest BCUT2D eigenvalue weighted by Crippen LogP contribution is 2.20. The Morgan fingerprint density at radius 3 is 2.27 bits per heavy atom. The van der Waals surface area contributed by atoms with Gasteiger partial charge in [-0.2, -0.15) is 5.10 Å². The van der Waals surface area contributed by atoms with E-state index >= 15 is 0 Å². The van der Waals surface area contributed by atoms with E-state index in [0.717, 1.165) is 17.0 Å². The number of anilines is 2. The molecule has 0 atom stereocenters. The number of hydrogen-bond donors (Lipinski definition) is 1. The Morgan fingerprint density at radius 2 is 1.59 bits per heavy atom. The van der Waals surface area contributed by atoms with Crippen LogP contribution >= 0.6 is 0 Å². The Labute approximate surface area is 132 Å². The number of hydrogen-bond acceptors (Lipinski definition) is 3. The molecular weight excluding hydrogens is 270 g/mol. The summed E-state index contributed by atoms with van der Waals surface area (Å²) in [5, 5.41) is 4.46. The lowest BCUT2D eigenvalue weighted by Gasteiger charge is -2.28. The molecule has 0 aromatic heterocycles. The molecule has 2 aromatic carbocycles. The summed E-state index contributed by atoms with van der Waals surface area (Å²) in [5.41, 5.74) is 7.58. The first-order valence-corrected chi connectivity index (χ1v) is 8.04. The molecule has 22 heavy (non-hydrogen) atoms. The minimum Gasteiger partial charge on any atom is -0.372 e. The Hall–Kier alpha value is -2.29. The molecule has 1 aliphatic rings. The van der Waals surface area contributed by atoms with Crippen molar-refractivity contribution in [3.05, 3.63) is 60.2 Å². The van der Waals surface area contributed by atoms with Gasteiger partial charge >= 0.3 is 0 Å². The molecule has 1 N–H and O–H groups in total. The molecule has 1 fully saturated rings. The van der Waals surface area contributed by atoms with E-state index in [4.69, 9.17) is 0 Å². The van der Waals surface area contributed by atoms with Crippen LogP contribution in [0.5, 0.6) is 0 Å². The van der Waals surface area contributed by atoms with E-state index < -0.39 is 0 Å². The number of nitrogens with zero attached hydrogens (tertiary/aromatic N) is 2. The normalized spacial score (nSPS) is 15.7. The zero-order chi connectivity index (χ0) is 15.2. The largest absolute Gasteiger partial charge is 0.372 e. The second-order valence-electron chi connectivity index (χ2n) is 5.77. The predicted octanol–water partition coefficient (Wildman–Crippen LogP) is 4.51. The summed E-state index contributed by atoms with van der Waals surface area (Å²) in [7, 11) is 0. The van der Waals surface area contributed by atoms with Crippen molar-refractivity contribution >= 4 is 17.1 Å². The Morgan fingerprint density at radius 1 is 0.909 bits per heavy atom. The summed E-state index contributed by atoms with van der Waals surface area (Å²) < 4.78 is 0. The topological polar surface area (TPSA) is 27.6 Å². The Balaban J connectivity index is 1.66. The van der Waals surface area contributed by atoms with Crippen LogP contribution in [0.4, 0.5) is 11.4 Å². The first kappa shape index (κ1) is 14.6. The minimum atomic E-state index is 0.994. The van der Waals surface area contributed by atoms with Gasteiger partial charge in [0.15, 0.2) is 0 Å². The highest BCUT2D eigenvalue weighted by atomic mass is 15.3. The van der Waals surface area contributed by atoms with Gasteiger partial charge in [0, 0.05) is 18.8 Å². The number of piperidine rings is 1. The third-order valence-electron chi connectivity index (χ3n) is 4.13. The maximum atomic E-state index is 4.46. The number of nitrogens with one attached hydrogen (secondary N) is 1. The van der Waals surface area contributed by atoms with Crippen LogP contribution in [-0.2, 0) is 0 Å². The van der Waals surface area contributed by atoms with Crippen molar-refractivity contribution in [2.45, 2.75) is 26.2 Å². The molecule has 1 saturated heterocycles. The molecule has 0 bridgehead atoms. The maximum absolute atomic E-state index is 4.46. The van der Waals surface area contributed by atoms with Crippen LogP contribution in [0, 0.1) is 0 Å². The second kappa shape index (κ2) is 7.12. The molecular formula is C19H23N3. The van der Waals surface area contributed by atoms with Crippen LogP contribution in [0.15, 0.2) is 59.7 Å². The lowest BCUT2D eigenvalue weighted by molar-refractivity contribution is 0.578. The van der Waals surface area contributed by atoms with Crippen molar-refractivity contribution in [3.8, 4) is 0 Å². The summed E-state index contributed by atoms with van der Waals surface area (Å²) >= 11 is 0. The number of hydrazone groups is 1. The summed E-state index contributed by atoms with van der Waals surface area (Å²) in [6.07, 6.45) is 3.98. The van der Waals surface area contributed by atoms with Crippen LogP contribution < -0.4 is 10.3 Å². The van der Waals surface area contributed by atoms with Gasteiger partial charge in [0.1, 0.15) is 0 Å². The fourth-order valence-electron chi connectivity index (χ4n) is 2.79. The van der Waals surface area contributed by atoms with Gasteiger partial charge in [0.05, 0.1) is 11.4 Å². The van der Waals surface area contributed by atoms with Crippen molar-refractivity contribution < 1.29 is 0 Å². The predicted molar refractivity (Wildman–Crippen MR) is 94.8 cm³/mol. The lowest BCUT2D eigenvalue weighted by atomic mass is 10.1. The molecule has 114 valence electrons. The highest BCUT2D eigenvalue weighted by molar-refractivity contribution is 5.99. The zero-order valence-corrected chi connectivity index (χ0v) is 13.1. The molecule has 0 unspecified atom stereocenters. The lowest BCUT2D eigenvalue weighted by Crippen LogP contribution is -2.29. The van der Waals surface area contributed by atoms with Gasteiger partial charge in [-0.1, -0.05) is 30.3 Å². The van der Waals surface area contributed by atoms with E-state index in [1.165, 1.54) is 38.0 Å². The molecule has 0 spiro atoms. The smallest absolute Gasteiger partial charge is 0.0648 e. The SMILES string of the molecule is CC(=NNc1ccccc1)c1ccc(N2CCCCC2)cc1. The fourth-order valence-corrected chi connectivity index (χ4v) is 2.79. The van der Waals surface area contributed by atoms with Gasteiger partial charge in [0.25, 0.3) is 0 Å². The first-order chi connectivity index (χ1) is 10.8. The summed E-state index contributed by atoms with van der Waals surface area (Å²) in [6, 6.07) is 18.8. The van der Waals surface area contributed by atoms with Crippen molar-refractivity contribution in [2.24, 2.45) is 5.10 Å². The van der Waals surface area contributed by atoms with Crippen molar-refractivity contribution in [1.29, 1.82) is 0 Å². The van der Waals surface area contributed by atoms with E-state index in [1.807, 2.05) is 37.3 Å². The first-order valence-electron chi connectivity index (χ1n) is 8.04. The summed E-state index contributed by atoms with van der Waals surface area (Å²) in [4.78, 5) is 2.47. The maximum Gasteiger partial charge on any atom is 0.0648 e. The fraction of sp³-hybridized carbons (Fsp3) is 0.316. The van der Waals surface area contributed by atoms with E-state index in [1.54, 1.807) is 0 Å². The van der Waals surface area contributed by atoms with Gasteiger partial charge in [0.2, 0.25) is 0 Å². The van der Waals surface area contributed by atoms with Gasteiger partial charge < -0.3 is 4.90 Å². The summed E-state index contributed by atoms with van der Waals surface area (Å²) in [6.45, 7) is 4.40. The highest BCUT2D eigenvalue weighted by Gasteiger charge is 2.10. The van der Waals surface area contributed by atoms with Crippen molar-refractivity contribution in [3.63, 3.8) is 0 Å². The molecule has 3 nitrogen and oxygen atoms in total. The summed E-state index contributed by atoms with van der Waals surface area (Å²) in [5.74, 6) is 0. The standard InChI is InChI=1S/C19H23N3/c1-16(20-21-18-8-4-2-5-9-18)17-10-12-19(13-11-17)22-14-6-3-7-15-22/h2,4-5,8-13,21H,3,6-7,14-15H2,1H3. The van der Waals surface area contributed by atoms with Crippen LogP contribution in [0.3, 0.4) is 0 Å². The third kappa shape index (κ3) is 3.67. The molecule has 0 saturated carbocycles. The van der Waals surface area contributed by atoms with E-state index in [9.17, 15) is 0 Å².